The number of nitrogens with one attached hydrogen (secondary N) is 1. The normalized spacial score (nSPS) is 15.3. The molecule has 1 aromatic heterocycles. The first-order valence-electron chi connectivity index (χ1n) is 8.26. The van der Waals surface area contributed by atoms with Crippen LogP contribution in [0.3, 0.4) is 0 Å². The highest BCUT2D eigenvalue weighted by Gasteiger charge is 2.25. The Morgan fingerprint density at radius 1 is 1.29 bits per heavy atom. The van der Waals surface area contributed by atoms with Gasteiger partial charge in [0.05, 0.1) is 0 Å². The Morgan fingerprint density at radius 2 is 2.08 bits per heavy atom. The molecule has 1 N–H and O–H groups in total. The second-order valence-electron chi connectivity index (χ2n) is 5.92. The molecular formula is C18H21N3O3. The van der Waals surface area contributed by atoms with Gasteiger partial charge in [-0.2, -0.15) is 5.10 Å². The van der Waals surface area contributed by atoms with Crippen LogP contribution >= 0.6 is 0 Å². The number of carbonyl (C=O) groups excluding carboxylic acids is 1. The van der Waals surface area contributed by atoms with E-state index >= 15 is 0 Å². The molecule has 1 saturated heterocycles. The number of carbonyl (C=O) groups is 1. The molecule has 1 aromatic carbocycles. The lowest BCUT2D eigenvalue weighted by Crippen LogP contribution is -2.42. The van der Waals surface area contributed by atoms with E-state index < -0.39 is 0 Å². The number of aromatic amines is 1. The van der Waals surface area contributed by atoms with Gasteiger partial charge in [-0.15, -0.1) is 0 Å². The number of amides is 1. The second kappa shape index (κ2) is 7.29. The standard InChI is InChI=1S/C18H21N3O3/c1-2-13-4-3-5-15(12-13)24-14-8-10-21(11-9-14)18(23)16-6-7-17(22)20-19-16/h3-7,12,14H,2,8-11H2,1H3,(H,20,22). The third-order valence-electron chi connectivity index (χ3n) is 4.24. The topological polar surface area (TPSA) is 75.3 Å². The van der Waals surface area contributed by atoms with Gasteiger partial charge in [0.25, 0.3) is 11.5 Å². The predicted octanol–water partition coefficient (Wildman–Crippen LogP) is 2.02. The van der Waals surface area contributed by atoms with Crippen molar-refractivity contribution in [2.24, 2.45) is 0 Å². The minimum atomic E-state index is -0.312. The van der Waals surface area contributed by atoms with Gasteiger partial charge in [0.1, 0.15) is 17.5 Å². The van der Waals surface area contributed by atoms with E-state index in [2.05, 4.69) is 29.3 Å². The second-order valence-corrected chi connectivity index (χ2v) is 5.92. The van der Waals surface area contributed by atoms with Crippen LogP contribution in [0.25, 0.3) is 0 Å². The van der Waals surface area contributed by atoms with Gasteiger partial charge in [0, 0.05) is 32.0 Å². The highest BCUT2D eigenvalue weighted by Crippen LogP contribution is 2.21. The Balaban J connectivity index is 1.56. The first-order chi connectivity index (χ1) is 11.7. The molecular weight excluding hydrogens is 306 g/mol. The summed E-state index contributed by atoms with van der Waals surface area (Å²) in [7, 11) is 0. The van der Waals surface area contributed by atoms with E-state index in [0.717, 1.165) is 25.0 Å². The zero-order chi connectivity index (χ0) is 16.9. The van der Waals surface area contributed by atoms with Crippen molar-refractivity contribution < 1.29 is 9.53 Å². The summed E-state index contributed by atoms with van der Waals surface area (Å²) in [6.07, 6.45) is 2.66. The molecule has 0 saturated carbocycles. The zero-order valence-corrected chi connectivity index (χ0v) is 13.7. The van der Waals surface area contributed by atoms with Gasteiger partial charge in [-0.25, -0.2) is 5.10 Å². The third-order valence-corrected chi connectivity index (χ3v) is 4.24. The average Bonchev–Trinajstić information content (AvgIpc) is 2.62. The Morgan fingerprint density at radius 3 is 2.75 bits per heavy atom. The van der Waals surface area contributed by atoms with Crippen LogP contribution in [0.15, 0.2) is 41.2 Å². The number of aromatic nitrogens is 2. The van der Waals surface area contributed by atoms with Crippen LogP contribution in [-0.4, -0.2) is 40.2 Å². The van der Waals surface area contributed by atoms with Crippen molar-refractivity contribution in [2.45, 2.75) is 32.3 Å². The van der Waals surface area contributed by atoms with E-state index in [4.69, 9.17) is 4.74 Å². The molecule has 1 aliphatic heterocycles. The molecule has 126 valence electrons. The van der Waals surface area contributed by atoms with E-state index in [-0.39, 0.29) is 23.3 Å². The molecule has 0 atom stereocenters. The maximum Gasteiger partial charge on any atom is 0.274 e. The van der Waals surface area contributed by atoms with Gasteiger partial charge in [-0.1, -0.05) is 19.1 Å². The summed E-state index contributed by atoms with van der Waals surface area (Å²) in [4.78, 5) is 25.1. The van der Waals surface area contributed by atoms with E-state index in [0.29, 0.717) is 13.1 Å². The summed E-state index contributed by atoms with van der Waals surface area (Å²) in [5.74, 6) is 0.735. The molecule has 2 heterocycles. The molecule has 0 radical (unpaired) electrons. The number of aryl methyl sites for hydroxylation is 1. The maximum absolute atomic E-state index is 12.4. The molecule has 2 aromatic rings. The number of ether oxygens (including phenoxy) is 1. The minimum absolute atomic E-state index is 0.115. The first-order valence-corrected chi connectivity index (χ1v) is 8.26. The van der Waals surface area contributed by atoms with Crippen LogP contribution in [-0.2, 0) is 6.42 Å². The lowest BCUT2D eigenvalue weighted by molar-refractivity contribution is 0.0589. The van der Waals surface area contributed by atoms with Crippen LogP contribution in [0.2, 0.25) is 0 Å². The average molecular weight is 327 g/mol. The molecule has 1 fully saturated rings. The number of nitrogens with zero attached hydrogens (tertiary/aromatic N) is 2. The molecule has 1 aliphatic rings. The van der Waals surface area contributed by atoms with Crippen LogP contribution in [0.4, 0.5) is 0 Å². The number of likely N-dealkylation sites (tertiary alicyclic amines) is 1. The summed E-state index contributed by atoms with van der Waals surface area (Å²) in [6.45, 7) is 3.36. The summed E-state index contributed by atoms with van der Waals surface area (Å²) in [5, 5.41) is 6.09. The first kappa shape index (κ1) is 16.2. The van der Waals surface area contributed by atoms with E-state index in [1.54, 1.807) is 4.90 Å². The molecule has 24 heavy (non-hydrogen) atoms. The van der Waals surface area contributed by atoms with Crippen molar-refractivity contribution in [3.63, 3.8) is 0 Å². The molecule has 0 unspecified atom stereocenters. The molecule has 0 bridgehead atoms. The maximum atomic E-state index is 12.4. The predicted molar refractivity (Wildman–Crippen MR) is 90.2 cm³/mol. The monoisotopic (exact) mass is 327 g/mol. The highest BCUT2D eigenvalue weighted by molar-refractivity contribution is 5.92. The van der Waals surface area contributed by atoms with Crippen molar-refractivity contribution >= 4 is 5.91 Å². The Bertz CT molecular complexity index is 744. The largest absolute Gasteiger partial charge is 0.490 e. The van der Waals surface area contributed by atoms with Gasteiger partial charge in [-0.3, -0.25) is 9.59 Å². The van der Waals surface area contributed by atoms with Crippen LogP contribution in [0, 0.1) is 0 Å². The van der Waals surface area contributed by atoms with Gasteiger partial charge in [0.15, 0.2) is 0 Å². The van der Waals surface area contributed by atoms with Crippen LogP contribution < -0.4 is 10.3 Å². The van der Waals surface area contributed by atoms with Gasteiger partial charge < -0.3 is 9.64 Å². The lowest BCUT2D eigenvalue weighted by atomic mass is 10.1. The van der Waals surface area contributed by atoms with Crippen LogP contribution in [0.1, 0.15) is 35.8 Å². The highest BCUT2D eigenvalue weighted by atomic mass is 16.5. The van der Waals surface area contributed by atoms with Crippen LogP contribution in [0.5, 0.6) is 5.75 Å². The van der Waals surface area contributed by atoms with Crippen molar-refractivity contribution in [1.29, 1.82) is 0 Å². The number of rotatable bonds is 4. The molecule has 1 amide bonds. The smallest absolute Gasteiger partial charge is 0.274 e. The summed E-state index contributed by atoms with van der Waals surface area (Å²) < 4.78 is 6.05. The quantitative estimate of drug-likeness (QED) is 0.932. The Labute approximate surface area is 140 Å². The van der Waals surface area contributed by atoms with E-state index in [9.17, 15) is 9.59 Å². The molecule has 6 heteroatoms. The SMILES string of the molecule is CCc1cccc(OC2CCN(C(=O)c3ccc(=O)[nH]n3)CC2)c1. The minimum Gasteiger partial charge on any atom is -0.490 e. The Kier molecular flexibility index (Phi) is 4.93. The fraction of sp³-hybridized carbons (Fsp3) is 0.389. The van der Waals surface area contributed by atoms with Crippen molar-refractivity contribution in [3.8, 4) is 5.75 Å². The number of H-pyrrole nitrogens is 1. The lowest BCUT2D eigenvalue weighted by Gasteiger charge is -2.32. The number of benzene rings is 1. The van der Waals surface area contributed by atoms with Crippen molar-refractivity contribution in [2.75, 3.05) is 13.1 Å². The summed E-state index contributed by atoms with van der Waals surface area (Å²) in [6, 6.07) is 10.9. The van der Waals surface area contributed by atoms with Gasteiger partial charge in [-0.05, 0) is 30.2 Å². The third kappa shape index (κ3) is 3.82. The summed E-state index contributed by atoms with van der Waals surface area (Å²) in [5.41, 5.74) is 1.21. The summed E-state index contributed by atoms with van der Waals surface area (Å²) >= 11 is 0. The number of hydrogen-bond acceptors (Lipinski definition) is 4. The van der Waals surface area contributed by atoms with E-state index in [1.807, 2.05) is 12.1 Å². The fourth-order valence-electron chi connectivity index (χ4n) is 2.83. The van der Waals surface area contributed by atoms with Gasteiger partial charge >= 0.3 is 0 Å². The van der Waals surface area contributed by atoms with Crippen molar-refractivity contribution in [1.82, 2.24) is 15.1 Å². The number of hydrogen-bond donors (Lipinski definition) is 1. The van der Waals surface area contributed by atoms with Crippen molar-refractivity contribution in [3.05, 3.63) is 58.0 Å². The molecule has 3 rings (SSSR count). The molecule has 0 aliphatic carbocycles. The number of piperidine rings is 1. The van der Waals surface area contributed by atoms with E-state index in [1.165, 1.54) is 17.7 Å². The molecule has 0 spiro atoms. The zero-order valence-electron chi connectivity index (χ0n) is 13.7. The van der Waals surface area contributed by atoms with Gasteiger partial charge in [0.2, 0.25) is 0 Å². The molecule has 6 nitrogen and oxygen atoms in total. The fourth-order valence-corrected chi connectivity index (χ4v) is 2.83. The Hall–Kier alpha value is -2.63.